The summed E-state index contributed by atoms with van der Waals surface area (Å²) in [6.45, 7) is 0. The van der Waals surface area contributed by atoms with Crippen molar-refractivity contribution in [1.29, 1.82) is 0 Å². The van der Waals surface area contributed by atoms with E-state index in [4.69, 9.17) is 21.7 Å². The minimum atomic E-state index is -0.0864. The topological polar surface area (TPSA) is 60.0 Å². The van der Waals surface area contributed by atoms with Crippen LogP contribution in [-0.2, 0) is 0 Å². The smallest absolute Gasteiger partial charge is 0.205 e. The Bertz CT molecular complexity index is 1220. The summed E-state index contributed by atoms with van der Waals surface area (Å²) in [5.74, 6) is 2.15. The number of nitrogens with one attached hydrogen (secondary N) is 1. The quantitative estimate of drug-likeness (QED) is 0.442. The standard InChI is InChI=1S/C21H15N3O2S/c1-25-13-6-4-12(5-7-13)17-15-8-9-16-14(3-2-10-22-16)19(15)26-20-18(17)21(27)24-11-23-20/h2-11,17H,1H3,(H,23,24,27). The zero-order valence-electron chi connectivity index (χ0n) is 14.5. The van der Waals surface area contributed by atoms with Gasteiger partial charge in [0.2, 0.25) is 5.88 Å². The van der Waals surface area contributed by atoms with Crippen molar-refractivity contribution in [3.05, 3.63) is 82.4 Å². The number of aromatic amines is 1. The molecule has 4 aromatic rings. The number of rotatable bonds is 2. The molecule has 6 heteroatoms. The molecule has 2 aromatic heterocycles. The van der Waals surface area contributed by atoms with Gasteiger partial charge in [-0.2, -0.15) is 0 Å². The van der Waals surface area contributed by atoms with Gasteiger partial charge in [0.25, 0.3) is 0 Å². The fourth-order valence-electron chi connectivity index (χ4n) is 3.62. The fraction of sp³-hybridized carbons (Fsp3) is 0.0952. The van der Waals surface area contributed by atoms with E-state index >= 15 is 0 Å². The van der Waals surface area contributed by atoms with Crippen LogP contribution >= 0.6 is 12.2 Å². The minimum Gasteiger partial charge on any atom is -0.497 e. The molecular formula is C21H15N3O2S. The second-order valence-electron chi connectivity index (χ2n) is 6.31. The molecule has 0 saturated heterocycles. The Kier molecular flexibility index (Phi) is 3.65. The SMILES string of the molecule is COc1ccc(C2c3ccc4ncccc4c3Oc3[nH]cnc(=S)c32)cc1. The molecule has 0 amide bonds. The van der Waals surface area contributed by atoms with Gasteiger partial charge in [0.1, 0.15) is 16.1 Å². The maximum Gasteiger partial charge on any atom is 0.205 e. The Labute approximate surface area is 160 Å². The third-order valence-corrected chi connectivity index (χ3v) is 5.20. The largest absolute Gasteiger partial charge is 0.497 e. The maximum absolute atomic E-state index is 6.24. The predicted molar refractivity (Wildman–Crippen MR) is 105 cm³/mol. The van der Waals surface area contributed by atoms with Crippen LogP contribution in [0.5, 0.6) is 17.4 Å². The Morgan fingerprint density at radius 1 is 1.07 bits per heavy atom. The van der Waals surface area contributed by atoms with E-state index in [0.717, 1.165) is 39.1 Å². The first kappa shape index (κ1) is 16.0. The Morgan fingerprint density at radius 2 is 1.93 bits per heavy atom. The first-order chi connectivity index (χ1) is 13.3. The van der Waals surface area contributed by atoms with Gasteiger partial charge in [0, 0.05) is 23.1 Å². The highest BCUT2D eigenvalue weighted by atomic mass is 32.1. The molecule has 0 aliphatic carbocycles. The third kappa shape index (κ3) is 2.49. The molecule has 132 valence electrons. The molecule has 5 rings (SSSR count). The Hall–Kier alpha value is -3.25. The van der Waals surface area contributed by atoms with Gasteiger partial charge in [-0.1, -0.05) is 30.4 Å². The lowest BCUT2D eigenvalue weighted by Crippen LogP contribution is -2.14. The number of hydrogen-bond acceptors (Lipinski definition) is 5. The summed E-state index contributed by atoms with van der Waals surface area (Å²) in [7, 11) is 1.66. The molecule has 0 spiro atoms. The van der Waals surface area contributed by atoms with Crippen molar-refractivity contribution < 1.29 is 9.47 Å². The van der Waals surface area contributed by atoms with Crippen molar-refractivity contribution in [2.24, 2.45) is 0 Å². The molecule has 27 heavy (non-hydrogen) atoms. The number of H-pyrrole nitrogens is 1. The minimum absolute atomic E-state index is 0.0864. The van der Waals surface area contributed by atoms with Gasteiger partial charge in [-0.05, 0) is 35.9 Å². The van der Waals surface area contributed by atoms with Crippen LogP contribution in [-0.4, -0.2) is 22.1 Å². The molecule has 0 radical (unpaired) electrons. The van der Waals surface area contributed by atoms with Crippen LogP contribution in [0.1, 0.15) is 22.6 Å². The van der Waals surface area contributed by atoms with Crippen LogP contribution < -0.4 is 9.47 Å². The summed E-state index contributed by atoms with van der Waals surface area (Å²) in [5, 5.41) is 0.968. The lowest BCUT2D eigenvalue weighted by atomic mass is 9.83. The Morgan fingerprint density at radius 3 is 2.74 bits per heavy atom. The average Bonchev–Trinajstić information content (AvgIpc) is 2.72. The van der Waals surface area contributed by atoms with Crippen LogP contribution in [0, 0.1) is 4.64 Å². The van der Waals surface area contributed by atoms with Crippen molar-refractivity contribution in [1.82, 2.24) is 15.0 Å². The molecule has 0 bridgehead atoms. The first-order valence-corrected chi connectivity index (χ1v) is 8.94. The molecule has 1 N–H and O–H groups in total. The van der Waals surface area contributed by atoms with E-state index in [-0.39, 0.29) is 5.92 Å². The Balaban J connectivity index is 1.81. The highest BCUT2D eigenvalue weighted by Gasteiger charge is 2.32. The van der Waals surface area contributed by atoms with E-state index in [1.54, 1.807) is 19.6 Å². The normalized spacial score (nSPS) is 14.9. The van der Waals surface area contributed by atoms with Crippen molar-refractivity contribution in [2.45, 2.75) is 5.92 Å². The van der Waals surface area contributed by atoms with Crippen molar-refractivity contribution in [3.63, 3.8) is 0 Å². The highest BCUT2D eigenvalue weighted by molar-refractivity contribution is 7.71. The molecule has 0 fully saturated rings. The van der Waals surface area contributed by atoms with E-state index in [9.17, 15) is 0 Å². The molecule has 1 aliphatic heterocycles. The number of nitrogens with zero attached hydrogens (tertiary/aromatic N) is 2. The van der Waals surface area contributed by atoms with Crippen LogP contribution in [0.3, 0.4) is 0 Å². The molecule has 1 atom stereocenters. The predicted octanol–water partition coefficient (Wildman–Crippen LogP) is 4.98. The van der Waals surface area contributed by atoms with Crippen LogP contribution in [0.15, 0.2) is 61.1 Å². The number of benzene rings is 2. The van der Waals surface area contributed by atoms with Gasteiger partial charge < -0.3 is 14.5 Å². The fourth-order valence-corrected chi connectivity index (χ4v) is 3.88. The van der Waals surface area contributed by atoms with Gasteiger partial charge in [-0.25, -0.2) is 4.98 Å². The van der Waals surface area contributed by atoms with Crippen LogP contribution in [0.25, 0.3) is 10.9 Å². The summed E-state index contributed by atoms with van der Waals surface area (Å²) in [6.07, 6.45) is 3.35. The van der Waals surface area contributed by atoms with Crippen molar-refractivity contribution in [3.8, 4) is 17.4 Å². The second-order valence-corrected chi connectivity index (χ2v) is 6.70. The molecular weight excluding hydrogens is 358 g/mol. The zero-order valence-corrected chi connectivity index (χ0v) is 15.3. The summed E-state index contributed by atoms with van der Waals surface area (Å²) in [5.41, 5.74) is 3.90. The highest BCUT2D eigenvalue weighted by Crippen LogP contribution is 2.49. The number of pyridine rings is 1. The van der Waals surface area contributed by atoms with E-state index in [1.807, 2.05) is 30.3 Å². The number of hydrogen-bond donors (Lipinski definition) is 1. The summed E-state index contributed by atoms with van der Waals surface area (Å²) < 4.78 is 12.1. The molecule has 5 nitrogen and oxygen atoms in total. The van der Waals surface area contributed by atoms with Crippen molar-refractivity contribution in [2.75, 3.05) is 7.11 Å². The zero-order chi connectivity index (χ0) is 18.4. The third-order valence-electron chi connectivity index (χ3n) is 4.87. The van der Waals surface area contributed by atoms with E-state index in [2.05, 4.69) is 33.2 Å². The average molecular weight is 373 g/mol. The molecule has 3 heterocycles. The van der Waals surface area contributed by atoms with Gasteiger partial charge in [0.05, 0.1) is 24.5 Å². The number of aromatic nitrogens is 3. The lowest BCUT2D eigenvalue weighted by molar-refractivity contribution is 0.414. The summed E-state index contributed by atoms with van der Waals surface area (Å²) in [4.78, 5) is 11.8. The van der Waals surface area contributed by atoms with Gasteiger partial charge >= 0.3 is 0 Å². The molecule has 1 unspecified atom stereocenters. The number of fused-ring (bicyclic) bond motifs is 4. The number of ether oxygens (including phenoxy) is 2. The van der Waals surface area contributed by atoms with Crippen LogP contribution in [0.2, 0.25) is 0 Å². The van der Waals surface area contributed by atoms with Gasteiger partial charge in [-0.15, -0.1) is 0 Å². The monoisotopic (exact) mass is 373 g/mol. The maximum atomic E-state index is 6.24. The molecule has 2 aromatic carbocycles. The van der Waals surface area contributed by atoms with E-state index in [1.165, 1.54) is 0 Å². The molecule has 0 saturated carbocycles. The summed E-state index contributed by atoms with van der Waals surface area (Å²) >= 11 is 5.54. The van der Waals surface area contributed by atoms with Crippen molar-refractivity contribution >= 4 is 23.1 Å². The first-order valence-electron chi connectivity index (χ1n) is 8.53. The van der Waals surface area contributed by atoms with Gasteiger partial charge in [-0.3, -0.25) is 4.98 Å². The molecule has 1 aliphatic rings. The van der Waals surface area contributed by atoms with E-state index < -0.39 is 0 Å². The van der Waals surface area contributed by atoms with Crippen LogP contribution in [0.4, 0.5) is 0 Å². The number of methoxy groups -OCH3 is 1. The summed E-state index contributed by atoms with van der Waals surface area (Å²) in [6, 6.07) is 16.0. The lowest BCUT2D eigenvalue weighted by Gasteiger charge is -2.28. The van der Waals surface area contributed by atoms with E-state index in [0.29, 0.717) is 10.5 Å². The van der Waals surface area contributed by atoms with Gasteiger partial charge in [0.15, 0.2) is 0 Å². The second kappa shape index (κ2) is 6.17.